The van der Waals surface area contributed by atoms with Gasteiger partial charge >= 0.3 is 0 Å². The van der Waals surface area contributed by atoms with Gasteiger partial charge < -0.3 is 4.90 Å². The molecule has 2 rings (SSSR count). The van der Waals surface area contributed by atoms with Crippen LogP contribution < -0.4 is 0 Å². The van der Waals surface area contributed by atoms with E-state index in [9.17, 15) is 4.79 Å². The van der Waals surface area contributed by atoms with E-state index in [0.29, 0.717) is 5.92 Å². The van der Waals surface area contributed by atoms with Crippen molar-refractivity contribution in [3.05, 3.63) is 29.6 Å². The Hall–Kier alpha value is -1.38. The normalized spacial score (nSPS) is 20.4. The fraction of sp³-hybridized carbons (Fsp3) is 0.625. The van der Waals surface area contributed by atoms with Crippen molar-refractivity contribution in [1.29, 1.82) is 0 Å². The monoisotopic (exact) mass is 260 g/mol. The number of likely N-dealkylation sites (tertiary alicyclic amines) is 1. The van der Waals surface area contributed by atoms with Crippen LogP contribution in [0.2, 0.25) is 0 Å². The van der Waals surface area contributed by atoms with Crippen LogP contribution in [0.25, 0.3) is 0 Å². The first-order valence-corrected chi connectivity index (χ1v) is 7.11. The van der Waals surface area contributed by atoms with Crippen LogP contribution in [0.5, 0.6) is 0 Å². The largest absolute Gasteiger partial charge is 0.342 e. The van der Waals surface area contributed by atoms with Crippen molar-refractivity contribution >= 4 is 5.91 Å². The van der Waals surface area contributed by atoms with E-state index in [0.717, 1.165) is 37.3 Å². The summed E-state index contributed by atoms with van der Waals surface area (Å²) in [5, 5.41) is 0. The molecule has 0 spiro atoms. The van der Waals surface area contributed by atoms with Gasteiger partial charge in [-0.05, 0) is 31.9 Å². The highest BCUT2D eigenvalue weighted by molar-refractivity contribution is 5.81. The summed E-state index contributed by atoms with van der Waals surface area (Å²) in [4.78, 5) is 19.0. The van der Waals surface area contributed by atoms with Crippen LogP contribution in [0.1, 0.15) is 50.9 Å². The highest BCUT2D eigenvalue weighted by Gasteiger charge is 2.31. The zero-order valence-electron chi connectivity index (χ0n) is 12.4. The van der Waals surface area contributed by atoms with Gasteiger partial charge in [0, 0.05) is 35.8 Å². The Balaban J connectivity index is 2.11. The second-order valence-electron chi connectivity index (χ2n) is 6.54. The van der Waals surface area contributed by atoms with Crippen LogP contribution in [0.3, 0.4) is 0 Å². The Morgan fingerprint density at radius 1 is 1.37 bits per heavy atom. The molecule has 19 heavy (non-hydrogen) atoms. The van der Waals surface area contributed by atoms with Crippen molar-refractivity contribution in [3.8, 4) is 0 Å². The summed E-state index contributed by atoms with van der Waals surface area (Å²) in [7, 11) is 0. The van der Waals surface area contributed by atoms with E-state index in [2.05, 4.69) is 17.1 Å². The van der Waals surface area contributed by atoms with Crippen molar-refractivity contribution in [2.45, 2.75) is 46.5 Å². The molecule has 1 atom stereocenters. The number of hydrogen-bond acceptors (Lipinski definition) is 2. The van der Waals surface area contributed by atoms with Crippen molar-refractivity contribution in [2.75, 3.05) is 13.1 Å². The lowest BCUT2D eigenvalue weighted by Gasteiger charge is -2.36. The van der Waals surface area contributed by atoms with Crippen LogP contribution in [0, 0.1) is 12.3 Å². The molecule has 3 nitrogen and oxygen atoms in total. The Kier molecular flexibility index (Phi) is 3.93. The lowest BCUT2D eigenvalue weighted by Crippen LogP contribution is -2.44. The van der Waals surface area contributed by atoms with Crippen LogP contribution in [0.4, 0.5) is 0 Å². The first kappa shape index (κ1) is 14.0. The van der Waals surface area contributed by atoms with Crippen LogP contribution in [-0.4, -0.2) is 28.9 Å². The van der Waals surface area contributed by atoms with Gasteiger partial charge in [-0.1, -0.05) is 26.8 Å². The summed E-state index contributed by atoms with van der Waals surface area (Å²) < 4.78 is 0. The van der Waals surface area contributed by atoms with E-state index < -0.39 is 0 Å². The number of pyridine rings is 1. The van der Waals surface area contributed by atoms with Crippen LogP contribution in [0.15, 0.2) is 18.2 Å². The van der Waals surface area contributed by atoms with Gasteiger partial charge in [0.05, 0.1) is 0 Å². The predicted octanol–water partition coefficient (Wildman–Crippen LogP) is 3.14. The Morgan fingerprint density at radius 2 is 2.11 bits per heavy atom. The molecule has 1 saturated heterocycles. The van der Waals surface area contributed by atoms with Crippen molar-refractivity contribution in [3.63, 3.8) is 0 Å². The third-order valence-corrected chi connectivity index (χ3v) is 3.68. The number of hydrogen-bond donors (Lipinski definition) is 0. The van der Waals surface area contributed by atoms with Gasteiger partial charge in [-0.3, -0.25) is 9.78 Å². The van der Waals surface area contributed by atoms with Crippen LogP contribution in [-0.2, 0) is 4.79 Å². The number of aromatic nitrogens is 1. The van der Waals surface area contributed by atoms with Crippen LogP contribution >= 0.6 is 0 Å². The molecule has 0 radical (unpaired) electrons. The summed E-state index contributed by atoms with van der Waals surface area (Å²) in [6, 6.07) is 6.16. The number of nitrogens with zero attached hydrogens (tertiary/aromatic N) is 2. The molecule has 0 N–H and O–H groups in total. The number of carbonyl (C=O) groups is 1. The maximum Gasteiger partial charge on any atom is 0.227 e. The predicted molar refractivity (Wildman–Crippen MR) is 77.0 cm³/mol. The summed E-state index contributed by atoms with van der Waals surface area (Å²) in [6.07, 6.45) is 2.20. The number of carbonyl (C=O) groups excluding carboxylic acids is 1. The maximum atomic E-state index is 12.4. The summed E-state index contributed by atoms with van der Waals surface area (Å²) in [5.41, 5.74) is 1.89. The first-order chi connectivity index (χ1) is 8.88. The van der Waals surface area contributed by atoms with Gasteiger partial charge in [0.25, 0.3) is 0 Å². The minimum Gasteiger partial charge on any atom is -0.342 e. The Morgan fingerprint density at radius 3 is 2.74 bits per heavy atom. The molecule has 104 valence electrons. The Labute approximate surface area is 116 Å². The first-order valence-electron chi connectivity index (χ1n) is 7.11. The average molecular weight is 260 g/mol. The zero-order valence-corrected chi connectivity index (χ0v) is 12.4. The molecule has 1 aliphatic heterocycles. The second kappa shape index (κ2) is 5.32. The van der Waals surface area contributed by atoms with Gasteiger partial charge in [-0.2, -0.15) is 0 Å². The molecule has 1 fully saturated rings. The highest BCUT2D eigenvalue weighted by atomic mass is 16.2. The molecule has 1 aromatic rings. The lowest BCUT2D eigenvalue weighted by molar-refractivity contribution is -0.140. The average Bonchev–Trinajstić information content (AvgIpc) is 2.37. The number of piperidine rings is 1. The molecule has 2 heterocycles. The third-order valence-electron chi connectivity index (χ3n) is 3.68. The van der Waals surface area contributed by atoms with E-state index in [-0.39, 0.29) is 11.3 Å². The van der Waals surface area contributed by atoms with Crippen molar-refractivity contribution in [1.82, 2.24) is 9.88 Å². The second-order valence-corrected chi connectivity index (χ2v) is 6.54. The number of aryl methyl sites for hydroxylation is 1. The zero-order chi connectivity index (χ0) is 14.0. The quantitative estimate of drug-likeness (QED) is 0.777. The minimum absolute atomic E-state index is 0.254. The molecular formula is C16H24N2O. The molecule has 1 aromatic heterocycles. The number of rotatable bonds is 1. The van der Waals surface area contributed by atoms with E-state index in [1.165, 1.54) is 0 Å². The molecule has 0 aliphatic carbocycles. The number of amides is 1. The molecule has 1 unspecified atom stereocenters. The SMILES string of the molecule is Cc1cccc(C2CCCN(C(=O)C(C)(C)C)C2)n1. The van der Waals surface area contributed by atoms with Crippen molar-refractivity contribution in [2.24, 2.45) is 5.41 Å². The van der Waals surface area contributed by atoms with Gasteiger partial charge in [0.15, 0.2) is 0 Å². The highest BCUT2D eigenvalue weighted by Crippen LogP contribution is 2.28. The summed E-state index contributed by atoms with van der Waals surface area (Å²) in [6.45, 7) is 9.69. The van der Waals surface area contributed by atoms with Gasteiger partial charge in [0.1, 0.15) is 0 Å². The smallest absolute Gasteiger partial charge is 0.227 e. The fourth-order valence-corrected chi connectivity index (χ4v) is 2.67. The lowest BCUT2D eigenvalue weighted by atomic mass is 9.89. The molecule has 1 amide bonds. The van der Waals surface area contributed by atoms with Gasteiger partial charge in [-0.25, -0.2) is 0 Å². The van der Waals surface area contributed by atoms with E-state index in [1.54, 1.807) is 0 Å². The van der Waals surface area contributed by atoms with E-state index in [1.807, 2.05) is 38.7 Å². The summed E-state index contributed by atoms with van der Waals surface area (Å²) >= 11 is 0. The topological polar surface area (TPSA) is 33.2 Å². The molecule has 1 aliphatic rings. The fourth-order valence-electron chi connectivity index (χ4n) is 2.67. The third kappa shape index (κ3) is 3.34. The molecular weight excluding hydrogens is 236 g/mol. The standard InChI is InChI=1S/C16H24N2O/c1-12-7-5-9-14(17-12)13-8-6-10-18(11-13)15(19)16(2,3)4/h5,7,9,13H,6,8,10-11H2,1-4H3. The molecule has 0 saturated carbocycles. The van der Waals surface area contributed by atoms with E-state index >= 15 is 0 Å². The molecule has 0 bridgehead atoms. The molecule has 0 aromatic carbocycles. The summed E-state index contributed by atoms with van der Waals surface area (Å²) in [5.74, 6) is 0.643. The minimum atomic E-state index is -0.290. The van der Waals surface area contributed by atoms with E-state index in [4.69, 9.17) is 0 Å². The van der Waals surface area contributed by atoms with Gasteiger partial charge in [-0.15, -0.1) is 0 Å². The van der Waals surface area contributed by atoms with Crippen molar-refractivity contribution < 1.29 is 4.79 Å². The van der Waals surface area contributed by atoms with Gasteiger partial charge in [0.2, 0.25) is 5.91 Å². The maximum absolute atomic E-state index is 12.4. The molecule has 3 heteroatoms. The Bertz CT molecular complexity index is 462.